The molecule has 1 saturated heterocycles. The van der Waals surface area contributed by atoms with E-state index in [0.717, 1.165) is 19.3 Å². The summed E-state index contributed by atoms with van der Waals surface area (Å²) < 4.78 is 5.00. The summed E-state index contributed by atoms with van der Waals surface area (Å²) in [5.41, 5.74) is 0. The second kappa shape index (κ2) is 4.48. The van der Waals surface area contributed by atoms with E-state index in [4.69, 9.17) is 4.74 Å². The first-order chi connectivity index (χ1) is 5.74. The molecule has 1 aliphatic heterocycles. The zero-order valence-corrected chi connectivity index (χ0v) is 7.58. The zero-order chi connectivity index (χ0) is 8.97. The van der Waals surface area contributed by atoms with E-state index in [1.807, 2.05) is 0 Å². The van der Waals surface area contributed by atoms with Gasteiger partial charge < -0.3 is 4.74 Å². The van der Waals surface area contributed by atoms with Crippen LogP contribution in [-0.2, 0) is 9.53 Å². The molecule has 0 amide bonds. The second-order valence-electron chi connectivity index (χ2n) is 3.44. The summed E-state index contributed by atoms with van der Waals surface area (Å²) in [5, 5.41) is 0. The number of ether oxygens (including phenoxy) is 1. The van der Waals surface area contributed by atoms with Crippen LogP contribution in [0, 0.1) is 25.2 Å². The molecule has 2 atom stereocenters. The van der Waals surface area contributed by atoms with Crippen molar-refractivity contribution in [2.24, 2.45) is 11.8 Å². The first-order valence-corrected chi connectivity index (χ1v) is 4.53. The predicted octanol–water partition coefficient (Wildman–Crippen LogP) is 2.00. The first kappa shape index (κ1) is 9.56. The SMILES string of the molecule is [CH2]CC1CC[CH]C(=O)OCC1C. The van der Waals surface area contributed by atoms with Gasteiger partial charge in [-0.3, -0.25) is 4.79 Å². The second-order valence-corrected chi connectivity index (χ2v) is 3.44. The molecule has 2 nitrogen and oxygen atoms in total. The minimum Gasteiger partial charge on any atom is -0.465 e. The Hall–Kier alpha value is -0.530. The van der Waals surface area contributed by atoms with Crippen LogP contribution in [-0.4, -0.2) is 12.6 Å². The Bertz CT molecular complexity index is 154. The number of hydrogen-bond donors (Lipinski definition) is 0. The van der Waals surface area contributed by atoms with Crippen LogP contribution in [0.4, 0.5) is 0 Å². The number of cyclic esters (lactones) is 1. The van der Waals surface area contributed by atoms with Crippen LogP contribution in [0.3, 0.4) is 0 Å². The van der Waals surface area contributed by atoms with Crippen LogP contribution >= 0.6 is 0 Å². The Kier molecular flexibility index (Phi) is 3.57. The third-order valence-corrected chi connectivity index (χ3v) is 2.51. The largest absolute Gasteiger partial charge is 0.465 e. The summed E-state index contributed by atoms with van der Waals surface area (Å²) in [4.78, 5) is 10.9. The minimum atomic E-state index is -0.163. The molecule has 68 valence electrons. The third kappa shape index (κ3) is 2.50. The fraction of sp³-hybridized carbons (Fsp3) is 0.700. The molecule has 1 rings (SSSR count). The Labute approximate surface area is 74.3 Å². The quantitative estimate of drug-likeness (QED) is 0.560. The normalized spacial score (nSPS) is 32.0. The van der Waals surface area contributed by atoms with Gasteiger partial charge in [0.05, 0.1) is 13.0 Å². The molecule has 0 aromatic carbocycles. The number of esters is 1. The molecule has 1 aliphatic rings. The van der Waals surface area contributed by atoms with Crippen LogP contribution < -0.4 is 0 Å². The standard InChI is InChI=1S/C10H16O2/c1-3-9-5-4-6-10(11)12-7-8(9)2/h6,8-9H,1,3-5,7H2,2H3. The van der Waals surface area contributed by atoms with E-state index in [-0.39, 0.29) is 5.97 Å². The van der Waals surface area contributed by atoms with E-state index in [9.17, 15) is 4.79 Å². The average molecular weight is 168 g/mol. The van der Waals surface area contributed by atoms with Gasteiger partial charge >= 0.3 is 5.97 Å². The van der Waals surface area contributed by atoms with Gasteiger partial charge in [0.25, 0.3) is 0 Å². The lowest BCUT2D eigenvalue weighted by Gasteiger charge is -2.24. The molecule has 0 aliphatic carbocycles. The van der Waals surface area contributed by atoms with Crippen molar-refractivity contribution in [1.82, 2.24) is 0 Å². The minimum absolute atomic E-state index is 0.163. The molecule has 0 aromatic heterocycles. The summed E-state index contributed by atoms with van der Waals surface area (Å²) in [5.74, 6) is 0.902. The van der Waals surface area contributed by atoms with Gasteiger partial charge in [0, 0.05) is 0 Å². The highest BCUT2D eigenvalue weighted by atomic mass is 16.5. The monoisotopic (exact) mass is 168 g/mol. The molecule has 0 N–H and O–H groups in total. The van der Waals surface area contributed by atoms with Crippen LogP contribution in [0.1, 0.15) is 26.2 Å². The summed E-state index contributed by atoms with van der Waals surface area (Å²) >= 11 is 0. The molecule has 1 fully saturated rings. The molecule has 0 bridgehead atoms. The fourth-order valence-electron chi connectivity index (χ4n) is 1.54. The predicted molar refractivity (Wildman–Crippen MR) is 47.1 cm³/mol. The van der Waals surface area contributed by atoms with Crippen molar-refractivity contribution in [3.8, 4) is 0 Å². The Balaban J connectivity index is 2.43. The summed E-state index contributed by atoms with van der Waals surface area (Å²) in [6.07, 6.45) is 4.48. The molecule has 12 heavy (non-hydrogen) atoms. The lowest BCUT2D eigenvalue weighted by molar-refractivity contribution is -0.142. The van der Waals surface area contributed by atoms with Gasteiger partial charge in [-0.15, -0.1) is 0 Å². The van der Waals surface area contributed by atoms with E-state index in [2.05, 4.69) is 13.8 Å². The molecule has 0 saturated carbocycles. The summed E-state index contributed by atoms with van der Waals surface area (Å²) in [7, 11) is 0. The molecule has 2 unspecified atom stereocenters. The fourth-order valence-corrected chi connectivity index (χ4v) is 1.54. The maximum atomic E-state index is 10.9. The highest BCUT2D eigenvalue weighted by Gasteiger charge is 2.20. The van der Waals surface area contributed by atoms with Gasteiger partial charge in [-0.1, -0.05) is 20.3 Å². The van der Waals surface area contributed by atoms with Crippen LogP contribution in [0.15, 0.2) is 0 Å². The maximum absolute atomic E-state index is 10.9. The molecule has 2 heteroatoms. The molecule has 2 radical (unpaired) electrons. The van der Waals surface area contributed by atoms with Gasteiger partial charge in [-0.2, -0.15) is 0 Å². The lowest BCUT2D eigenvalue weighted by Crippen LogP contribution is -2.22. The smallest absolute Gasteiger partial charge is 0.309 e. The van der Waals surface area contributed by atoms with E-state index in [1.165, 1.54) is 0 Å². The number of hydrogen-bond acceptors (Lipinski definition) is 2. The summed E-state index contributed by atoms with van der Waals surface area (Å²) in [6, 6.07) is 0. The van der Waals surface area contributed by atoms with Gasteiger partial charge in [0.1, 0.15) is 0 Å². The highest BCUT2D eigenvalue weighted by Crippen LogP contribution is 2.24. The van der Waals surface area contributed by atoms with Crippen molar-refractivity contribution in [2.45, 2.75) is 26.2 Å². The van der Waals surface area contributed by atoms with Crippen molar-refractivity contribution in [1.29, 1.82) is 0 Å². The van der Waals surface area contributed by atoms with Crippen LogP contribution in [0.25, 0.3) is 0 Å². The maximum Gasteiger partial charge on any atom is 0.309 e. The topological polar surface area (TPSA) is 26.3 Å². The first-order valence-electron chi connectivity index (χ1n) is 4.53. The third-order valence-electron chi connectivity index (χ3n) is 2.51. The Morgan fingerprint density at radius 2 is 2.50 bits per heavy atom. The highest BCUT2D eigenvalue weighted by molar-refractivity contribution is 5.78. The zero-order valence-electron chi connectivity index (χ0n) is 7.58. The molecule has 0 aromatic rings. The van der Waals surface area contributed by atoms with Gasteiger partial charge in [-0.25, -0.2) is 0 Å². The van der Waals surface area contributed by atoms with Crippen LogP contribution in [0.5, 0.6) is 0 Å². The molecule has 0 spiro atoms. The van der Waals surface area contributed by atoms with E-state index in [1.54, 1.807) is 6.42 Å². The lowest BCUT2D eigenvalue weighted by atomic mass is 9.87. The van der Waals surface area contributed by atoms with E-state index < -0.39 is 0 Å². The number of carbonyl (C=O) groups is 1. The Morgan fingerprint density at radius 1 is 1.75 bits per heavy atom. The van der Waals surface area contributed by atoms with Crippen molar-refractivity contribution < 1.29 is 9.53 Å². The van der Waals surface area contributed by atoms with Crippen LogP contribution in [0.2, 0.25) is 0 Å². The molecular weight excluding hydrogens is 152 g/mol. The number of rotatable bonds is 1. The van der Waals surface area contributed by atoms with Crippen molar-refractivity contribution in [2.75, 3.05) is 6.61 Å². The van der Waals surface area contributed by atoms with E-state index >= 15 is 0 Å². The van der Waals surface area contributed by atoms with Gasteiger partial charge in [0.15, 0.2) is 0 Å². The van der Waals surface area contributed by atoms with Gasteiger partial charge in [-0.05, 0) is 24.7 Å². The van der Waals surface area contributed by atoms with Crippen molar-refractivity contribution in [3.05, 3.63) is 13.3 Å². The van der Waals surface area contributed by atoms with Gasteiger partial charge in [0.2, 0.25) is 0 Å². The average Bonchev–Trinajstić information content (AvgIpc) is 2.06. The van der Waals surface area contributed by atoms with E-state index in [0.29, 0.717) is 18.4 Å². The van der Waals surface area contributed by atoms with Crippen molar-refractivity contribution >= 4 is 5.97 Å². The van der Waals surface area contributed by atoms with Crippen molar-refractivity contribution in [3.63, 3.8) is 0 Å². The Morgan fingerprint density at radius 3 is 3.17 bits per heavy atom. The number of carbonyl (C=O) groups excluding carboxylic acids is 1. The summed E-state index contributed by atoms with van der Waals surface area (Å²) in [6.45, 7) is 6.57. The molecule has 1 heterocycles. The molecular formula is C10H16O2.